The first-order valence-electron chi connectivity index (χ1n) is 8.96. The second-order valence-electron chi connectivity index (χ2n) is 7.27. The molecule has 0 amide bonds. The number of carbonyl (C=O) groups excluding carboxylic acids is 2. The second-order valence-corrected chi connectivity index (χ2v) is 7.27. The Morgan fingerprint density at radius 1 is 0.963 bits per heavy atom. The molecule has 1 fully saturated rings. The van der Waals surface area contributed by atoms with Crippen molar-refractivity contribution in [1.82, 2.24) is 0 Å². The summed E-state index contributed by atoms with van der Waals surface area (Å²) in [6.07, 6.45) is -0.956. The predicted octanol–water partition coefficient (Wildman–Crippen LogP) is 3.82. The van der Waals surface area contributed by atoms with Crippen LogP contribution in [-0.4, -0.2) is 26.2 Å². The monoisotopic (exact) mass is 366 g/mol. The molecule has 2 atom stereocenters. The second kappa shape index (κ2) is 6.20. The van der Waals surface area contributed by atoms with E-state index in [2.05, 4.69) is 19.1 Å². The van der Waals surface area contributed by atoms with E-state index in [1.807, 2.05) is 31.2 Å². The molecule has 2 aliphatic rings. The Morgan fingerprint density at radius 2 is 1.59 bits per heavy atom. The summed E-state index contributed by atoms with van der Waals surface area (Å²) < 4.78 is 16.4. The van der Waals surface area contributed by atoms with E-state index in [1.165, 1.54) is 19.8 Å². The molecular formula is C22H22O5. The van der Waals surface area contributed by atoms with Gasteiger partial charge in [0.1, 0.15) is 6.10 Å². The lowest BCUT2D eigenvalue weighted by molar-refractivity contribution is -0.173. The normalized spacial score (nSPS) is 21.6. The van der Waals surface area contributed by atoms with Gasteiger partial charge in [0.05, 0.1) is 20.3 Å². The molecule has 4 rings (SSSR count). The molecule has 0 unspecified atom stereocenters. The van der Waals surface area contributed by atoms with Gasteiger partial charge in [0.15, 0.2) is 5.41 Å². The minimum Gasteiger partial charge on any atom is -0.468 e. The molecule has 0 N–H and O–H groups in total. The number of fused-ring (bicyclic) bond motifs is 7. The lowest BCUT2D eigenvalue weighted by Crippen LogP contribution is -2.43. The third-order valence-corrected chi connectivity index (χ3v) is 5.90. The first kappa shape index (κ1) is 17.7. The number of benzene rings is 2. The maximum atomic E-state index is 12.8. The molecule has 0 saturated carbocycles. The van der Waals surface area contributed by atoms with Crippen LogP contribution >= 0.6 is 0 Å². The topological polar surface area (TPSA) is 61.8 Å². The molecule has 2 aromatic rings. The van der Waals surface area contributed by atoms with Crippen molar-refractivity contribution in [3.63, 3.8) is 0 Å². The van der Waals surface area contributed by atoms with Gasteiger partial charge in [-0.3, -0.25) is 9.59 Å². The van der Waals surface area contributed by atoms with Gasteiger partial charge in [0, 0.05) is 6.42 Å². The average Bonchev–Trinajstić information content (AvgIpc) is 3.04. The highest BCUT2D eigenvalue weighted by Crippen LogP contribution is 2.59. The van der Waals surface area contributed by atoms with Crippen LogP contribution in [0.3, 0.4) is 0 Å². The fourth-order valence-electron chi connectivity index (χ4n) is 4.39. The average molecular weight is 366 g/mol. The summed E-state index contributed by atoms with van der Waals surface area (Å²) >= 11 is 0. The molecule has 0 aromatic heterocycles. The van der Waals surface area contributed by atoms with E-state index in [-0.39, 0.29) is 6.42 Å². The number of aryl methyl sites for hydroxylation is 2. The molecule has 2 bridgehead atoms. The van der Waals surface area contributed by atoms with Gasteiger partial charge in [0.2, 0.25) is 0 Å². The Hall–Kier alpha value is -2.66. The van der Waals surface area contributed by atoms with Crippen molar-refractivity contribution in [3.8, 4) is 11.1 Å². The number of ether oxygens (including phenoxy) is 3. The molecule has 2 aromatic carbocycles. The summed E-state index contributed by atoms with van der Waals surface area (Å²) in [5, 5.41) is 0. The van der Waals surface area contributed by atoms with Gasteiger partial charge in [-0.2, -0.15) is 0 Å². The van der Waals surface area contributed by atoms with Crippen LogP contribution in [0, 0.1) is 19.3 Å². The molecule has 0 aliphatic carbocycles. The van der Waals surface area contributed by atoms with Crippen molar-refractivity contribution in [3.05, 3.63) is 58.7 Å². The molecule has 0 radical (unpaired) electrons. The first-order valence-corrected chi connectivity index (χ1v) is 8.96. The van der Waals surface area contributed by atoms with Crippen molar-refractivity contribution >= 4 is 11.9 Å². The molecular weight excluding hydrogens is 344 g/mol. The number of esters is 2. The molecule has 2 aliphatic heterocycles. The van der Waals surface area contributed by atoms with Gasteiger partial charge in [-0.1, -0.05) is 36.4 Å². The van der Waals surface area contributed by atoms with Gasteiger partial charge in [0.25, 0.3) is 0 Å². The zero-order valence-electron chi connectivity index (χ0n) is 15.9. The van der Waals surface area contributed by atoms with Gasteiger partial charge in [-0.05, 0) is 47.2 Å². The fourth-order valence-corrected chi connectivity index (χ4v) is 4.39. The lowest BCUT2D eigenvalue weighted by Gasteiger charge is -2.30. The zero-order chi connectivity index (χ0) is 19.3. The van der Waals surface area contributed by atoms with Crippen LogP contribution in [0.1, 0.15) is 40.9 Å². The van der Waals surface area contributed by atoms with Crippen LogP contribution in [0.2, 0.25) is 0 Å². The molecule has 140 valence electrons. The van der Waals surface area contributed by atoms with E-state index in [1.54, 1.807) is 0 Å². The third kappa shape index (κ3) is 2.34. The Bertz CT molecular complexity index is 930. The van der Waals surface area contributed by atoms with Crippen molar-refractivity contribution in [1.29, 1.82) is 0 Å². The van der Waals surface area contributed by atoms with E-state index in [0.29, 0.717) is 0 Å². The minimum atomic E-state index is -1.51. The van der Waals surface area contributed by atoms with Gasteiger partial charge in [-0.15, -0.1) is 0 Å². The Morgan fingerprint density at radius 3 is 2.26 bits per heavy atom. The molecule has 2 heterocycles. The summed E-state index contributed by atoms with van der Waals surface area (Å²) in [6.45, 7) is 4.13. The van der Waals surface area contributed by atoms with E-state index < -0.39 is 29.6 Å². The van der Waals surface area contributed by atoms with Crippen molar-refractivity contribution in [2.24, 2.45) is 5.41 Å². The number of rotatable bonds is 2. The van der Waals surface area contributed by atoms with Crippen LogP contribution in [0.25, 0.3) is 11.1 Å². The van der Waals surface area contributed by atoms with Crippen molar-refractivity contribution in [2.45, 2.75) is 32.5 Å². The Kier molecular flexibility index (Phi) is 4.07. The first-order chi connectivity index (χ1) is 12.9. The highest BCUT2D eigenvalue weighted by Gasteiger charge is 2.63. The number of hydrogen-bond acceptors (Lipinski definition) is 5. The van der Waals surface area contributed by atoms with Crippen LogP contribution in [-0.2, 0) is 23.8 Å². The number of hydrogen-bond donors (Lipinski definition) is 0. The van der Waals surface area contributed by atoms with E-state index in [9.17, 15) is 9.59 Å². The molecule has 5 heteroatoms. The van der Waals surface area contributed by atoms with Gasteiger partial charge < -0.3 is 14.2 Å². The third-order valence-electron chi connectivity index (χ3n) is 5.90. The maximum Gasteiger partial charge on any atom is 0.326 e. The SMILES string of the molecule is COC(=O)C1(C(=O)OC)C[C@@H]2O[C@H]1c1ccccc1-c1cc(C)c(C)cc12. The fraction of sp³-hybridized carbons (Fsp3) is 0.364. The highest BCUT2D eigenvalue weighted by molar-refractivity contribution is 6.02. The van der Waals surface area contributed by atoms with Crippen LogP contribution in [0.4, 0.5) is 0 Å². The highest BCUT2D eigenvalue weighted by atomic mass is 16.6. The molecule has 1 saturated heterocycles. The van der Waals surface area contributed by atoms with Crippen molar-refractivity contribution in [2.75, 3.05) is 14.2 Å². The minimum absolute atomic E-state index is 0.195. The van der Waals surface area contributed by atoms with Crippen LogP contribution in [0.15, 0.2) is 36.4 Å². The quantitative estimate of drug-likeness (QED) is 0.597. The smallest absolute Gasteiger partial charge is 0.326 e. The summed E-state index contributed by atoms with van der Waals surface area (Å²) in [6, 6.07) is 12.0. The molecule has 27 heavy (non-hydrogen) atoms. The van der Waals surface area contributed by atoms with Gasteiger partial charge in [-0.25, -0.2) is 0 Å². The Labute approximate surface area is 158 Å². The van der Waals surface area contributed by atoms with Crippen LogP contribution in [0.5, 0.6) is 0 Å². The van der Waals surface area contributed by atoms with Crippen molar-refractivity contribution < 1.29 is 23.8 Å². The summed E-state index contributed by atoms with van der Waals surface area (Å²) in [5.41, 5.74) is 4.67. The summed E-state index contributed by atoms with van der Waals surface area (Å²) in [4.78, 5) is 25.7. The predicted molar refractivity (Wildman–Crippen MR) is 99.0 cm³/mol. The van der Waals surface area contributed by atoms with E-state index in [4.69, 9.17) is 14.2 Å². The van der Waals surface area contributed by atoms with E-state index >= 15 is 0 Å². The standard InChI is InChI=1S/C22H22O5/c1-12-9-16-14-7-5-6-8-15(14)19-22(20(23)25-3,21(24)26-4)11-18(27-19)17(16)10-13(12)2/h5-10,18-19H,11H2,1-4H3/t18-,19-/m0/s1. The molecule has 5 nitrogen and oxygen atoms in total. The maximum absolute atomic E-state index is 12.8. The van der Waals surface area contributed by atoms with Crippen LogP contribution < -0.4 is 0 Å². The summed E-state index contributed by atoms with van der Waals surface area (Å²) in [5.74, 6) is -1.24. The lowest BCUT2D eigenvalue weighted by atomic mass is 9.72. The number of carbonyl (C=O) groups is 2. The van der Waals surface area contributed by atoms with E-state index in [0.717, 1.165) is 27.8 Å². The number of methoxy groups -OCH3 is 2. The zero-order valence-corrected chi connectivity index (χ0v) is 15.9. The summed E-state index contributed by atoms with van der Waals surface area (Å²) in [7, 11) is 2.58. The molecule has 0 spiro atoms. The van der Waals surface area contributed by atoms with Gasteiger partial charge >= 0.3 is 11.9 Å². The largest absolute Gasteiger partial charge is 0.468 e. The Balaban J connectivity index is 2.02.